The molecule has 0 aliphatic heterocycles. The molecule has 5 nitrogen and oxygen atoms in total. The molecule has 0 saturated heterocycles. The van der Waals surface area contributed by atoms with Crippen LogP contribution in [-0.4, -0.2) is 20.6 Å². The second-order valence-corrected chi connectivity index (χ2v) is 10.2. The Kier molecular flexibility index (Phi) is 7.04. The Morgan fingerprint density at radius 2 is 1.47 bits per heavy atom. The Morgan fingerprint density at radius 3 is 2.00 bits per heavy atom. The quantitative estimate of drug-likeness (QED) is 0.547. The first-order valence-corrected chi connectivity index (χ1v) is 12.4. The summed E-state index contributed by atoms with van der Waals surface area (Å²) in [6, 6.07) is 20.8. The largest absolute Gasteiger partial charge is 0.346 e. The lowest BCUT2D eigenvalue weighted by molar-refractivity contribution is 0.0940. The predicted molar refractivity (Wildman–Crippen MR) is 130 cm³/mol. The van der Waals surface area contributed by atoms with E-state index in [-0.39, 0.29) is 18.5 Å². The molecule has 3 aromatic rings. The number of hydrogen-bond donors (Lipinski definition) is 1. The van der Waals surface area contributed by atoms with E-state index in [9.17, 15) is 13.2 Å². The SMILES string of the molecule is Cc1ccc(C(C)NC(=O)c2ccc(CN(c3c(C)cccc3C)S(C)(=O)=O)cc2)cc1. The lowest BCUT2D eigenvalue weighted by Gasteiger charge is -2.26. The molecule has 0 aromatic heterocycles. The number of rotatable bonds is 7. The molecule has 168 valence electrons. The summed E-state index contributed by atoms with van der Waals surface area (Å²) in [5, 5.41) is 3.01. The number of aryl methyl sites for hydroxylation is 3. The zero-order valence-corrected chi connectivity index (χ0v) is 20.0. The highest BCUT2D eigenvalue weighted by molar-refractivity contribution is 7.92. The third-order valence-electron chi connectivity index (χ3n) is 5.56. The van der Waals surface area contributed by atoms with Crippen molar-refractivity contribution in [3.63, 3.8) is 0 Å². The molecule has 1 atom stereocenters. The van der Waals surface area contributed by atoms with Crippen LogP contribution in [0.15, 0.2) is 66.7 Å². The molecular formula is C26H30N2O3S. The van der Waals surface area contributed by atoms with Crippen LogP contribution in [-0.2, 0) is 16.6 Å². The molecule has 0 radical (unpaired) electrons. The van der Waals surface area contributed by atoms with Gasteiger partial charge in [-0.25, -0.2) is 8.42 Å². The van der Waals surface area contributed by atoms with Crippen molar-refractivity contribution in [1.82, 2.24) is 5.32 Å². The van der Waals surface area contributed by atoms with Crippen LogP contribution in [0.2, 0.25) is 0 Å². The Morgan fingerprint density at radius 1 is 0.906 bits per heavy atom. The molecule has 0 aliphatic carbocycles. The van der Waals surface area contributed by atoms with E-state index in [0.29, 0.717) is 11.3 Å². The fourth-order valence-corrected chi connectivity index (χ4v) is 4.71. The van der Waals surface area contributed by atoms with Crippen molar-refractivity contribution in [1.29, 1.82) is 0 Å². The molecule has 1 amide bonds. The summed E-state index contributed by atoms with van der Waals surface area (Å²) in [6.45, 7) is 7.99. The summed E-state index contributed by atoms with van der Waals surface area (Å²) in [5.74, 6) is -0.167. The molecule has 0 heterocycles. The van der Waals surface area contributed by atoms with Crippen molar-refractivity contribution in [2.24, 2.45) is 0 Å². The minimum atomic E-state index is -3.48. The molecule has 1 unspecified atom stereocenters. The second kappa shape index (κ2) is 9.57. The van der Waals surface area contributed by atoms with Crippen LogP contribution < -0.4 is 9.62 Å². The van der Waals surface area contributed by atoms with Gasteiger partial charge in [-0.2, -0.15) is 0 Å². The number of carbonyl (C=O) groups is 1. The first kappa shape index (κ1) is 23.5. The van der Waals surface area contributed by atoms with Crippen molar-refractivity contribution in [2.75, 3.05) is 10.6 Å². The molecule has 0 aliphatic rings. The summed E-state index contributed by atoms with van der Waals surface area (Å²) >= 11 is 0. The van der Waals surface area contributed by atoms with E-state index in [0.717, 1.165) is 22.3 Å². The van der Waals surface area contributed by atoms with Gasteiger partial charge in [0.2, 0.25) is 10.0 Å². The summed E-state index contributed by atoms with van der Waals surface area (Å²) in [6.07, 6.45) is 1.22. The maximum Gasteiger partial charge on any atom is 0.251 e. The van der Waals surface area contributed by atoms with Gasteiger partial charge in [0.1, 0.15) is 0 Å². The highest BCUT2D eigenvalue weighted by Gasteiger charge is 2.21. The molecule has 0 bridgehead atoms. The van der Waals surface area contributed by atoms with Crippen molar-refractivity contribution in [2.45, 2.75) is 40.3 Å². The topological polar surface area (TPSA) is 66.5 Å². The second-order valence-electron chi connectivity index (χ2n) is 8.31. The van der Waals surface area contributed by atoms with Gasteiger partial charge in [-0.1, -0.05) is 60.2 Å². The van der Waals surface area contributed by atoms with Crippen LogP contribution in [0.25, 0.3) is 0 Å². The first-order valence-electron chi connectivity index (χ1n) is 10.6. The number of sulfonamides is 1. The van der Waals surface area contributed by atoms with Gasteiger partial charge in [0.25, 0.3) is 5.91 Å². The number of carbonyl (C=O) groups excluding carboxylic acids is 1. The van der Waals surface area contributed by atoms with Crippen LogP contribution in [0.4, 0.5) is 5.69 Å². The van der Waals surface area contributed by atoms with Crippen molar-refractivity contribution >= 4 is 21.6 Å². The summed E-state index contributed by atoms with van der Waals surface area (Å²) in [5.41, 5.74) is 6.05. The van der Waals surface area contributed by atoms with Crippen LogP contribution in [0.5, 0.6) is 0 Å². The number of hydrogen-bond acceptors (Lipinski definition) is 3. The maximum atomic E-state index is 12.7. The predicted octanol–water partition coefficient (Wildman–Crippen LogP) is 5.07. The van der Waals surface area contributed by atoms with Crippen LogP contribution in [0.1, 0.15) is 51.1 Å². The van der Waals surface area contributed by atoms with Gasteiger partial charge in [-0.3, -0.25) is 9.10 Å². The summed E-state index contributed by atoms with van der Waals surface area (Å²) in [7, 11) is -3.48. The standard InChI is InChI=1S/C26H30N2O3S/c1-18-9-13-23(14-10-18)21(4)27-26(29)24-15-11-22(12-16-24)17-28(32(5,30)31)25-19(2)7-6-8-20(25)3/h6-16,21H,17H2,1-5H3,(H,27,29). The van der Waals surface area contributed by atoms with Crippen LogP contribution in [0, 0.1) is 20.8 Å². The minimum absolute atomic E-state index is 0.118. The van der Waals surface area contributed by atoms with Crippen LogP contribution in [0.3, 0.4) is 0 Å². The highest BCUT2D eigenvalue weighted by atomic mass is 32.2. The number of para-hydroxylation sites is 1. The molecule has 0 fully saturated rings. The van der Waals surface area contributed by atoms with Gasteiger partial charge < -0.3 is 5.32 Å². The molecule has 1 N–H and O–H groups in total. The van der Waals surface area contributed by atoms with Crippen molar-refractivity contribution in [3.05, 3.63) is 100 Å². The van der Waals surface area contributed by atoms with E-state index in [1.54, 1.807) is 24.3 Å². The van der Waals surface area contributed by atoms with Gasteiger partial charge in [0.15, 0.2) is 0 Å². The molecule has 3 rings (SSSR count). The fraction of sp³-hybridized carbons (Fsp3) is 0.269. The average Bonchev–Trinajstić information content (AvgIpc) is 2.73. The molecular weight excluding hydrogens is 420 g/mol. The van der Waals surface area contributed by atoms with Crippen molar-refractivity contribution < 1.29 is 13.2 Å². The zero-order chi connectivity index (χ0) is 23.5. The Hall–Kier alpha value is -3.12. The summed E-state index contributed by atoms with van der Waals surface area (Å²) in [4.78, 5) is 12.7. The number of benzene rings is 3. The smallest absolute Gasteiger partial charge is 0.251 e. The Balaban J connectivity index is 1.76. The highest BCUT2D eigenvalue weighted by Crippen LogP contribution is 2.28. The molecule has 32 heavy (non-hydrogen) atoms. The Labute approximate surface area is 191 Å². The van der Waals surface area contributed by atoms with Gasteiger partial charge in [0.05, 0.1) is 24.5 Å². The maximum absolute atomic E-state index is 12.7. The van der Waals surface area contributed by atoms with Gasteiger partial charge >= 0.3 is 0 Å². The van der Waals surface area contributed by atoms with E-state index in [1.165, 1.54) is 16.1 Å². The van der Waals surface area contributed by atoms with E-state index in [2.05, 4.69) is 5.32 Å². The first-order chi connectivity index (χ1) is 15.1. The van der Waals surface area contributed by atoms with Gasteiger partial charge in [-0.05, 0) is 62.1 Å². The fourth-order valence-electron chi connectivity index (χ4n) is 3.71. The molecule has 6 heteroatoms. The summed E-state index contributed by atoms with van der Waals surface area (Å²) < 4.78 is 26.5. The number of amides is 1. The lowest BCUT2D eigenvalue weighted by atomic mass is 10.1. The molecule has 0 spiro atoms. The minimum Gasteiger partial charge on any atom is -0.346 e. The third kappa shape index (κ3) is 5.56. The zero-order valence-electron chi connectivity index (χ0n) is 19.2. The number of nitrogens with zero attached hydrogens (tertiary/aromatic N) is 1. The van der Waals surface area contributed by atoms with E-state index >= 15 is 0 Å². The van der Waals surface area contributed by atoms with E-state index in [1.807, 2.05) is 70.2 Å². The average molecular weight is 451 g/mol. The number of anilines is 1. The van der Waals surface area contributed by atoms with E-state index < -0.39 is 10.0 Å². The Bertz CT molecular complexity index is 1180. The van der Waals surface area contributed by atoms with Crippen LogP contribution >= 0.6 is 0 Å². The lowest BCUT2D eigenvalue weighted by Crippen LogP contribution is -2.30. The normalized spacial score (nSPS) is 12.3. The molecule has 0 saturated carbocycles. The van der Waals surface area contributed by atoms with Crippen molar-refractivity contribution in [3.8, 4) is 0 Å². The van der Waals surface area contributed by atoms with Gasteiger partial charge in [0, 0.05) is 5.56 Å². The monoisotopic (exact) mass is 450 g/mol. The number of nitrogens with one attached hydrogen (secondary N) is 1. The third-order valence-corrected chi connectivity index (χ3v) is 6.67. The van der Waals surface area contributed by atoms with E-state index in [4.69, 9.17) is 0 Å². The van der Waals surface area contributed by atoms with Gasteiger partial charge in [-0.15, -0.1) is 0 Å². The molecule has 3 aromatic carbocycles.